The third kappa shape index (κ3) is 5.95. The molecule has 23 heavy (non-hydrogen) atoms. The molecule has 1 aliphatic heterocycles. The minimum absolute atomic E-state index is 0. The molecular weight excluding hydrogens is 326 g/mol. The van der Waals surface area contributed by atoms with Crippen molar-refractivity contribution < 1.29 is 18.3 Å². The van der Waals surface area contributed by atoms with Gasteiger partial charge in [-0.25, -0.2) is 0 Å². The summed E-state index contributed by atoms with van der Waals surface area (Å²) in [5.41, 5.74) is 0.804. The van der Waals surface area contributed by atoms with Gasteiger partial charge in [0.25, 0.3) is 0 Å². The van der Waals surface area contributed by atoms with E-state index in [4.69, 9.17) is 0 Å². The second-order valence-electron chi connectivity index (χ2n) is 5.43. The van der Waals surface area contributed by atoms with E-state index in [0.29, 0.717) is 0 Å². The van der Waals surface area contributed by atoms with Crippen LogP contribution in [0, 0.1) is 0 Å². The van der Waals surface area contributed by atoms with Crippen molar-refractivity contribution in [1.29, 1.82) is 0 Å². The van der Waals surface area contributed by atoms with Gasteiger partial charge in [-0.2, -0.15) is 8.78 Å². The predicted molar refractivity (Wildman–Crippen MR) is 87.3 cm³/mol. The standard InChI is InChI=1S/C16H22F2N2O2.ClH/c1-2-9-20(13-7-8-19-11-13)15(21)10-12-3-5-14(6-4-12)22-16(17)18;/h3-6,13,16,19H,2,7-11H2,1H3;1H. The van der Waals surface area contributed by atoms with Gasteiger partial charge < -0.3 is 15.0 Å². The molecule has 130 valence electrons. The Morgan fingerprint density at radius 3 is 2.61 bits per heavy atom. The molecule has 4 nitrogen and oxygen atoms in total. The number of hydrogen-bond donors (Lipinski definition) is 1. The van der Waals surface area contributed by atoms with Crippen molar-refractivity contribution in [3.63, 3.8) is 0 Å². The van der Waals surface area contributed by atoms with Gasteiger partial charge in [0, 0.05) is 19.1 Å². The Balaban J connectivity index is 0.00000264. The summed E-state index contributed by atoms with van der Waals surface area (Å²) >= 11 is 0. The average Bonchev–Trinajstić information content (AvgIpc) is 3.00. The van der Waals surface area contributed by atoms with Gasteiger partial charge in [-0.05, 0) is 37.1 Å². The number of hydrogen-bond acceptors (Lipinski definition) is 3. The van der Waals surface area contributed by atoms with Crippen LogP contribution in [0.5, 0.6) is 5.75 Å². The zero-order chi connectivity index (χ0) is 15.9. The summed E-state index contributed by atoms with van der Waals surface area (Å²) in [5.74, 6) is 0.190. The fourth-order valence-corrected chi connectivity index (χ4v) is 2.72. The van der Waals surface area contributed by atoms with Gasteiger partial charge in [0.15, 0.2) is 0 Å². The molecule has 1 aliphatic rings. The molecule has 2 rings (SSSR count). The molecule has 0 aliphatic carbocycles. The van der Waals surface area contributed by atoms with Crippen molar-refractivity contribution in [3.05, 3.63) is 29.8 Å². The number of alkyl halides is 2. The number of halogens is 3. The number of ether oxygens (including phenoxy) is 1. The van der Waals surface area contributed by atoms with Crippen LogP contribution in [-0.4, -0.2) is 43.1 Å². The molecule has 1 heterocycles. The first-order valence-corrected chi connectivity index (χ1v) is 7.64. The number of carbonyl (C=O) groups excluding carboxylic acids is 1. The first kappa shape index (κ1) is 19.6. The van der Waals surface area contributed by atoms with E-state index < -0.39 is 6.61 Å². The van der Waals surface area contributed by atoms with Gasteiger partial charge >= 0.3 is 6.61 Å². The van der Waals surface area contributed by atoms with E-state index in [-0.39, 0.29) is 36.5 Å². The molecule has 1 fully saturated rings. The van der Waals surface area contributed by atoms with Crippen molar-refractivity contribution in [3.8, 4) is 5.75 Å². The Hall–Kier alpha value is -1.40. The smallest absolute Gasteiger partial charge is 0.387 e. The second kappa shape index (κ2) is 9.67. The first-order valence-electron chi connectivity index (χ1n) is 7.64. The highest BCUT2D eigenvalue weighted by Gasteiger charge is 2.25. The lowest BCUT2D eigenvalue weighted by atomic mass is 10.1. The van der Waals surface area contributed by atoms with E-state index >= 15 is 0 Å². The fourth-order valence-electron chi connectivity index (χ4n) is 2.72. The van der Waals surface area contributed by atoms with E-state index in [0.717, 1.165) is 38.0 Å². The normalized spacial score (nSPS) is 17.0. The minimum atomic E-state index is -2.83. The summed E-state index contributed by atoms with van der Waals surface area (Å²) in [6.45, 7) is 1.75. The number of nitrogens with zero attached hydrogens (tertiary/aromatic N) is 1. The molecular formula is C16H23ClF2N2O2. The number of rotatable bonds is 7. The van der Waals surface area contributed by atoms with E-state index in [1.807, 2.05) is 4.90 Å². The first-order chi connectivity index (χ1) is 10.6. The zero-order valence-electron chi connectivity index (χ0n) is 13.1. The van der Waals surface area contributed by atoms with Crippen molar-refractivity contribution in [1.82, 2.24) is 10.2 Å². The molecule has 0 radical (unpaired) electrons. The molecule has 1 amide bonds. The number of nitrogens with one attached hydrogen (secondary N) is 1. The van der Waals surface area contributed by atoms with Crippen LogP contribution in [0.25, 0.3) is 0 Å². The van der Waals surface area contributed by atoms with E-state index in [2.05, 4.69) is 17.0 Å². The average molecular weight is 349 g/mol. The monoisotopic (exact) mass is 348 g/mol. The maximum Gasteiger partial charge on any atom is 0.387 e. The van der Waals surface area contributed by atoms with Crippen LogP contribution in [0.2, 0.25) is 0 Å². The van der Waals surface area contributed by atoms with E-state index in [1.165, 1.54) is 12.1 Å². The van der Waals surface area contributed by atoms with Crippen molar-refractivity contribution in [2.75, 3.05) is 19.6 Å². The Kier molecular flexibility index (Phi) is 8.26. The molecule has 1 unspecified atom stereocenters. The second-order valence-corrected chi connectivity index (χ2v) is 5.43. The largest absolute Gasteiger partial charge is 0.435 e. The summed E-state index contributed by atoms with van der Waals surface area (Å²) in [7, 11) is 0. The van der Waals surface area contributed by atoms with Crippen molar-refractivity contribution in [2.24, 2.45) is 0 Å². The van der Waals surface area contributed by atoms with E-state index in [9.17, 15) is 13.6 Å². The highest BCUT2D eigenvalue weighted by molar-refractivity contribution is 5.85. The van der Waals surface area contributed by atoms with Crippen LogP contribution in [0.3, 0.4) is 0 Å². The van der Waals surface area contributed by atoms with Crippen LogP contribution in [0.4, 0.5) is 8.78 Å². The molecule has 0 bridgehead atoms. The molecule has 1 aromatic rings. The fraction of sp³-hybridized carbons (Fsp3) is 0.562. The maximum absolute atomic E-state index is 12.5. The number of benzene rings is 1. The summed E-state index contributed by atoms with van der Waals surface area (Å²) in [5, 5.41) is 3.27. The predicted octanol–water partition coefficient (Wildman–Crippen LogP) is 2.85. The maximum atomic E-state index is 12.5. The SMILES string of the molecule is CCCN(C(=O)Cc1ccc(OC(F)F)cc1)C1CCNC1.Cl. The Morgan fingerprint density at radius 1 is 1.39 bits per heavy atom. The van der Waals surface area contributed by atoms with Gasteiger partial charge in [0.1, 0.15) is 5.75 Å². The summed E-state index contributed by atoms with van der Waals surface area (Å²) in [4.78, 5) is 14.4. The topological polar surface area (TPSA) is 41.6 Å². The summed E-state index contributed by atoms with van der Waals surface area (Å²) in [6.07, 6.45) is 2.18. The van der Waals surface area contributed by atoms with Crippen molar-refractivity contribution >= 4 is 18.3 Å². The van der Waals surface area contributed by atoms with Crippen LogP contribution in [0.15, 0.2) is 24.3 Å². The molecule has 1 N–H and O–H groups in total. The summed E-state index contributed by atoms with van der Waals surface area (Å²) in [6, 6.07) is 6.51. The Labute approximate surface area is 141 Å². The zero-order valence-corrected chi connectivity index (χ0v) is 14.0. The Morgan fingerprint density at radius 2 is 2.09 bits per heavy atom. The van der Waals surface area contributed by atoms with Crippen molar-refractivity contribution in [2.45, 2.75) is 38.8 Å². The molecule has 1 atom stereocenters. The molecule has 7 heteroatoms. The summed E-state index contributed by atoms with van der Waals surface area (Å²) < 4.78 is 28.5. The third-order valence-electron chi connectivity index (χ3n) is 3.76. The molecule has 0 aromatic heterocycles. The van der Waals surface area contributed by atoms with Gasteiger partial charge in [0.2, 0.25) is 5.91 Å². The van der Waals surface area contributed by atoms with Crippen LogP contribution in [-0.2, 0) is 11.2 Å². The lowest BCUT2D eigenvalue weighted by molar-refractivity contribution is -0.132. The third-order valence-corrected chi connectivity index (χ3v) is 3.76. The van der Waals surface area contributed by atoms with Gasteiger partial charge in [0.05, 0.1) is 6.42 Å². The van der Waals surface area contributed by atoms with Gasteiger partial charge in [-0.3, -0.25) is 4.79 Å². The van der Waals surface area contributed by atoms with Crippen LogP contribution >= 0.6 is 12.4 Å². The minimum Gasteiger partial charge on any atom is -0.435 e. The number of carbonyl (C=O) groups is 1. The number of amides is 1. The molecule has 1 saturated heterocycles. The quantitative estimate of drug-likeness (QED) is 0.824. The lowest BCUT2D eigenvalue weighted by Gasteiger charge is -2.28. The molecule has 1 aromatic carbocycles. The lowest BCUT2D eigenvalue weighted by Crippen LogP contribution is -2.42. The highest BCUT2D eigenvalue weighted by Crippen LogP contribution is 2.17. The van der Waals surface area contributed by atoms with Gasteiger partial charge in [-0.1, -0.05) is 19.1 Å². The molecule has 0 saturated carbocycles. The highest BCUT2D eigenvalue weighted by atomic mass is 35.5. The van der Waals surface area contributed by atoms with Crippen LogP contribution < -0.4 is 10.1 Å². The van der Waals surface area contributed by atoms with Gasteiger partial charge in [-0.15, -0.1) is 12.4 Å². The molecule has 0 spiro atoms. The Bertz CT molecular complexity index is 479. The van der Waals surface area contributed by atoms with E-state index in [1.54, 1.807) is 12.1 Å². The van der Waals surface area contributed by atoms with Crippen LogP contribution in [0.1, 0.15) is 25.3 Å².